The molecule has 4 nitrogen and oxygen atoms in total. The van der Waals surface area contributed by atoms with Crippen LogP contribution in [0.4, 0.5) is 10.1 Å². The van der Waals surface area contributed by atoms with Crippen LogP contribution in [0.2, 0.25) is 0 Å². The minimum absolute atomic E-state index is 0.0271. The van der Waals surface area contributed by atoms with Gasteiger partial charge in [0.05, 0.1) is 22.5 Å². The molecule has 18 heavy (non-hydrogen) atoms. The number of pyridine rings is 1. The second kappa shape index (κ2) is 4.73. The number of nitrogens with zero attached hydrogens (tertiary/aromatic N) is 1. The topological polar surface area (TPSA) is 73.0 Å². The number of sulfone groups is 1. The molecule has 2 N–H and O–H groups in total. The molecule has 0 aliphatic rings. The number of benzene rings is 1. The first-order valence-corrected chi connectivity index (χ1v) is 6.81. The fourth-order valence-corrected chi connectivity index (χ4v) is 3.05. The smallest absolute Gasteiger partial charge is 0.184 e. The molecular formula is C12H11FN2O2S. The maximum Gasteiger partial charge on any atom is 0.184 e. The van der Waals surface area contributed by atoms with Gasteiger partial charge in [-0.15, -0.1) is 0 Å². The van der Waals surface area contributed by atoms with Gasteiger partial charge in [0.25, 0.3) is 0 Å². The highest BCUT2D eigenvalue weighted by Crippen LogP contribution is 2.22. The van der Waals surface area contributed by atoms with Crippen molar-refractivity contribution in [3.8, 4) is 0 Å². The van der Waals surface area contributed by atoms with Crippen molar-refractivity contribution in [3.63, 3.8) is 0 Å². The number of rotatable bonds is 3. The van der Waals surface area contributed by atoms with E-state index in [1.165, 1.54) is 36.7 Å². The number of hydrogen-bond acceptors (Lipinski definition) is 4. The first kappa shape index (κ1) is 12.5. The molecule has 2 aromatic rings. The molecule has 2 rings (SSSR count). The molecule has 0 saturated heterocycles. The molecule has 0 spiro atoms. The summed E-state index contributed by atoms with van der Waals surface area (Å²) in [6, 6.07) is 7.06. The zero-order valence-corrected chi connectivity index (χ0v) is 10.2. The van der Waals surface area contributed by atoms with E-state index in [4.69, 9.17) is 5.73 Å². The standard InChI is InChI=1S/C12H11FN2O2S/c13-10-4-2-1-3-9(10)8-18(16,17)12-5-6-15-7-11(12)14/h1-7H,8,14H2. The molecular weight excluding hydrogens is 255 g/mol. The van der Waals surface area contributed by atoms with E-state index < -0.39 is 21.4 Å². The van der Waals surface area contributed by atoms with Crippen LogP contribution in [0, 0.1) is 5.82 Å². The van der Waals surface area contributed by atoms with Gasteiger partial charge in [-0.25, -0.2) is 12.8 Å². The molecule has 0 unspecified atom stereocenters. The molecule has 0 fully saturated rings. The summed E-state index contributed by atoms with van der Waals surface area (Å²) in [5.41, 5.74) is 5.75. The van der Waals surface area contributed by atoms with Crippen LogP contribution in [-0.2, 0) is 15.6 Å². The molecule has 0 amide bonds. The molecule has 1 aromatic carbocycles. The first-order valence-electron chi connectivity index (χ1n) is 5.16. The second-order valence-electron chi connectivity index (χ2n) is 3.76. The van der Waals surface area contributed by atoms with Crippen LogP contribution in [0.25, 0.3) is 0 Å². The van der Waals surface area contributed by atoms with Crippen LogP contribution >= 0.6 is 0 Å². The SMILES string of the molecule is Nc1cnccc1S(=O)(=O)Cc1ccccc1F. The van der Waals surface area contributed by atoms with Crippen molar-refractivity contribution >= 4 is 15.5 Å². The highest BCUT2D eigenvalue weighted by atomic mass is 32.2. The average Bonchev–Trinajstić information content (AvgIpc) is 2.32. The van der Waals surface area contributed by atoms with Gasteiger partial charge in [-0.1, -0.05) is 18.2 Å². The Kier molecular flexibility index (Phi) is 3.29. The number of nitrogen functional groups attached to an aromatic ring is 1. The van der Waals surface area contributed by atoms with E-state index in [1.807, 2.05) is 0 Å². The third-order valence-corrected chi connectivity index (χ3v) is 4.18. The zero-order valence-electron chi connectivity index (χ0n) is 9.38. The molecule has 0 atom stereocenters. The summed E-state index contributed by atoms with van der Waals surface area (Å²) in [6.45, 7) is 0. The number of aromatic nitrogens is 1. The van der Waals surface area contributed by atoms with E-state index in [9.17, 15) is 12.8 Å². The fraction of sp³-hybridized carbons (Fsp3) is 0.0833. The van der Waals surface area contributed by atoms with E-state index in [0.717, 1.165) is 0 Å². The highest BCUT2D eigenvalue weighted by Gasteiger charge is 2.19. The molecule has 0 saturated carbocycles. The van der Waals surface area contributed by atoms with Crippen molar-refractivity contribution in [3.05, 3.63) is 54.1 Å². The van der Waals surface area contributed by atoms with Crippen molar-refractivity contribution in [2.24, 2.45) is 0 Å². The van der Waals surface area contributed by atoms with Gasteiger partial charge in [0.2, 0.25) is 0 Å². The van der Waals surface area contributed by atoms with Gasteiger partial charge < -0.3 is 5.73 Å². The zero-order chi connectivity index (χ0) is 13.2. The summed E-state index contributed by atoms with van der Waals surface area (Å²) in [4.78, 5) is 3.69. The first-order chi connectivity index (χ1) is 8.50. The van der Waals surface area contributed by atoms with Crippen LogP contribution in [0.5, 0.6) is 0 Å². The molecule has 0 radical (unpaired) electrons. The van der Waals surface area contributed by atoms with Gasteiger partial charge in [0.1, 0.15) is 5.82 Å². The van der Waals surface area contributed by atoms with Crippen LogP contribution in [0.15, 0.2) is 47.6 Å². The van der Waals surface area contributed by atoms with Crippen molar-refractivity contribution in [2.45, 2.75) is 10.6 Å². The Bertz CT molecular complexity index is 671. The summed E-state index contributed by atoms with van der Waals surface area (Å²) in [7, 11) is -3.67. The van der Waals surface area contributed by atoms with Crippen molar-refractivity contribution < 1.29 is 12.8 Å². The predicted molar refractivity (Wildman–Crippen MR) is 65.9 cm³/mol. The van der Waals surface area contributed by atoms with Gasteiger partial charge in [0.15, 0.2) is 9.84 Å². The lowest BCUT2D eigenvalue weighted by Crippen LogP contribution is -2.09. The number of anilines is 1. The molecule has 0 aliphatic carbocycles. The second-order valence-corrected chi connectivity index (χ2v) is 5.72. The van der Waals surface area contributed by atoms with E-state index in [1.54, 1.807) is 6.07 Å². The molecule has 1 heterocycles. The summed E-state index contributed by atoms with van der Waals surface area (Å²) < 4.78 is 37.6. The molecule has 94 valence electrons. The van der Waals surface area contributed by atoms with E-state index >= 15 is 0 Å². The van der Waals surface area contributed by atoms with Crippen molar-refractivity contribution in [2.75, 3.05) is 5.73 Å². The average molecular weight is 266 g/mol. The molecule has 6 heteroatoms. The van der Waals surface area contributed by atoms with Gasteiger partial charge in [-0.05, 0) is 12.1 Å². The van der Waals surface area contributed by atoms with Gasteiger partial charge in [0, 0.05) is 11.8 Å². The van der Waals surface area contributed by atoms with Gasteiger partial charge in [-0.2, -0.15) is 0 Å². The van der Waals surface area contributed by atoms with Crippen molar-refractivity contribution in [1.29, 1.82) is 0 Å². The third kappa shape index (κ3) is 2.48. The maximum atomic E-state index is 13.4. The monoisotopic (exact) mass is 266 g/mol. The Labute approximate surface area is 104 Å². The predicted octanol–water partition coefficient (Wildman–Crippen LogP) is 1.78. The minimum atomic E-state index is -3.67. The normalized spacial score (nSPS) is 11.4. The van der Waals surface area contributed by atoms with Crippen molar-refractivity contribution in [1.82, 2.24) is 4.98 Å². The maximum absolute atomic E-state index is 13.4. The van der Waals surface area contributed by atoms with Crippen LogP contribution in [0.1, 0.15) is 5.56 Å². The fourth-order valence-electron chi connectivity index (χ4n) is 1.58. The van der Waals surface area contributed by atoms with E-state index in [2.05, 4.69) is 4.98 Å². The minimum Gasteiger partial charge on any atom is -0.396 e. The molecule has 1 aromatic heterocycles. The number of halogens is 1. The van der Waals surface area contributed by atoms with Gasteiger partial charge in [-0.3, -0.25) is 4.98 Å². The Morgan fingerprint density at radius 2 is 1.94 bits per heavy atom. The lowest BCUT2D eigenvalue weighted by Gasteiger charge is -2.07. The third-order valence-electron chi connectivity index (χ3n) is 2.45. The van der Waals surface area contributed by atoms with E-state index in [-0.39, 0.29) is 16.1 Å². The van der Waals surface area contributed by atoms with Crippen LogP contribution in [0.3, 0.4) is 0 Å². The largest absolute Gasteiger partial charge is 0.396 e. The van der Waals surface area contributed by atoms with Gasteiger partial charge >= 0.3 is 0 Å². The van der Waals surface area contributed by atoms with Crippen LogP contribution in [-0.4, -0.2) is 13.4 Å². The van der Waals surface area contributed by atoms with E-state index in [0.29, 0.717) is 0 Å². The Morgan fingerprint density at radius 1 is 1.22 bits per heavy atom. The number of hydrogen-bond donors (Lipinski definition) is 1. The lowest BCUT2D eigenvalue weighted by molar-refractivity contribution is 0.587. The summed E-state index contributed by atoms with van der Waals surface area (Å²) in [6.07, 6.45) is 2.60. The Balaban J connectivity index is 2.40. The quantitative estimate of drug-likeness (QED) is 0.919. The molecule has 0 bridgehead atoms. The molecule has 0 aliphatic heterocycles. The lowest BCUT2D eigenvalue weighted by atomic mass is 10.2. The highest BCUT2D eigenvalue weighted by molar-refractivity contribution is 7.90. The summed E-state index contributed by atoms with van der Waals surface area (Å²) >= 11 is 0. The van der Waals surface area contributed by atoms with Crippen LogP contribution < -0.4 is 5.73 Å². The number of nitrogens with two attached hydrogens (primary N) is 1. The summed E-state index contributed by atoms with van der Waals surface area (Å²) in [5, 5.41) is 0. The Hall–Kier alpha value is -1.95. The Morgan fingerprint density at radius 3 is 2.61 bits per heavy atom. The summed E-state index contributed by atoms with van der Waals surface area (Å²) in [5.74, 6) is -0.970.